The summed E-state index contributed by atoms with van der Waals surface area (Å²) < 4.78 is 5.81. The number of hydrogen-bond acceptors (Lipinski definition) is 5. The molecule has 0 saturated carbocycles. The second-order valence-electron chi connectivity index (χ2n) is 8.11. The number of carbonyl (C=O) groups is 2. The van der Waals surface area contributed by atoms with Crippen molar-refractivity contribution in [2.24, 2.45) is 5.92 Å². The van der Waals surface area contributed by atoms with Crippen LogP contribution in [0.1, 0.15) is 35.5 Å². The lowest BCUT2D eigenvalue weighted by atomic mass is 10.0. The summed E-state index contributed by atoms with van der Waals surface area (Å²) in [5.41, 5.74) is 2.88. The van der Waals surface area contributed by atoms with E-state index in [0.29, 0.717) is 30.2 Å². The largest absolute Gasteiger partial charge is 0.487 e. The van der Waals surface area contributed by atoms with Gasteiger partial charge in [-0.2, -0.15) is 0 Å². The molecule has 2 aromatic carbocycles. The summed E-state index contributed by atoms with van der Waals surface area (Å²) in [5.74, 6) is 0.650. The lowest BCUT2D eigenvalue weighted by molar-refractivity contribution is -0.117. The molecule has 1 aliphatic rings. The average molecular weight is 474 g/mol. The van der Waals surface area contributed by atoms with Gasteiger partial charge in [0.25, 0.3) is 0 Å². The molecule has 7 heteroatoms. The fourth-order valence-corrected chi connectivity index (χ4v) is 4.29. The first-order chi connectivity index (χ1) is 16.5. The molecule has 1 aliphatic carbocycles. The second-order valence-corrected chi connectivity index (χ2v) is 9.17. The molecule has 34 heavy (non-hydrogen) atoms. The van der Waals surface area contributed by atoms with Gasteiger partial charge in [-0.15, -0.1) is 11.3 Å². The van der Waals surface area contributed by atoms with Crippen molar-refractivity contribution in [2.45, 2.75) is 32.8 Å². The third-order valence-corrected chi connectivity index (χ3v) is 6.18. The number of nitrogens with zero attached hydrogens (tertiary/aromatic N) is 1. The highest BCUT2D eigenvalue weighted by atomic mass is 32.1. The topological polar surface area (TPSA) is 80.3 Å². The van der Waals surface area contributed by atoms with Crippen LogP contribution in [0.4, 0.5) is 11.4 Å². The predicted molar refractivity (Wildman–Crippen MR) is 137 cm³/mol. The molecule has 3 aromatic rings. The molecular formula is C27H27N3O3S. The Morgan fingerprint density at radius 3 is 2.71 bits per heavy atom. The number of thiazole rings is 1. The number of anilines is 2. The number of ether oxygens (including phenoxy) is 1. The Morgan fingerprint density at radius 2 is 1.97 bits per heavy atom. The quantitative estimate of drug-likeness (QED) is 0.296. The molecule has 1 unspecified atom stereocenters. The standard InChI is InChI=1S/C27H27N3O3S/c1-19-28-22(18-34-19)17-33-23-10-6-9-21(15-23)13-14-26(31)29-24-11-4-5-12-25(24)30-27(32)16-20-7-2-3-8-20/h2,4-7,9-15,18,20H,3,8,16-17H2,1H3,(H,29,31)(H,30,32)/b14-13+. The molecule has 0 bridgehead atoms. The molecule has 2 N–H and O–H groups in total. The first kappa shape index (κ1) is 23.4. The Bertz CT molecular complexity index is 1220. The molecular weight excluding hydrogens is 446 g/mol. The van der Waals surface area contributed by atoms with Crippen LogP contribution < -0.4 is 15.4 Å². The van der Waals surface area contributed by atoms with Gasteiger partial charge in [0.05, 0.1) is 22.1 Å². The molecule has 0 fully saturated rings. The van der Waals surface area contributed by atoms with Gasteiger partial charge in [0.1, 0.15) is 12.4 Å². The van der Waals surface area contributed by atoms with Crippen molar-refractivity contribution in [1.29, 1.82) is 0 Å². The molecule has 1 heterocycles. The van der Waals surface area contributed by atoms with Crippen molar-refractivity contribution in [1.82, 2.24) is 4.98 Å². The Hall–Kier alpha value is -3.71. The van der Waals surface area contributed by atoms with Gasteiger partial charge in [0.15, 0.2) is 0 Å². The van der Waals surface area contributed by atoms with Crippen molar-refractivity contribution in [3.8, 4) is 5.75 Å². The van der Waals surface area contributed by atoms with Gasteiger partial charge in [0, 0.05) is 17.9 Å². The molecule has 4 rings (SSSR count). The third kappa shape index (κ3) is 6.89. The summed E-state index contributed by atoms with van der Waals surface area (Å²) >= 11 is 1.59. The normalized spacial score (nSPS) is 14.9. The van der Waals surface area contributed by atoms with E-state index in [2.05, 4.69) is 27.8 Å². The summed E-state index contributed by atoms with van der Waals surface area (Å²) in [4.78, 5) is 29.3. The highest BCUT2D eigenvalue weighted by Gasteiger charge is 2.15. The van der Waals surface area contributed by atoms with Crippen molar-refractivity contribution in [2.75, 3.05) is 10.6 Å². The summed E-state index contributed by atoms with van der Waals surface area (Å²) in [5, 5.41) is 8.76. The van der Waals surface area contributed by atoms with E-state index in [1.807, 2.05) is 48.7 Å². The average Bonchev–Trinajstić information content (AvgIpc) is 3.49. The maximum Gasteiger partial charge on any atom is 0.248 e. The van der Waals surface area contributed by atoms with E-state index >= 15 is 0 Å². The fraction of sp³-hybridized carbons (Fsp3) is 0.222. The van der Waals surface area contributed by atoms with Crippen LogP contribution in [-0.4, -0.2) is 16.8 Å². The third-order valence-electron chi connectivity index (χ3n) is 5.36. The summed E-state index contributed by atoms with van der Waals surface area (Å²) in [6, 6.07) is 14.7. The van der Waals surface area contributed by atoms with Crippen LogP contribution in [0.3, 0.4) is 0 Å². The SMILES string of the molecule is Cc1nc(COc2cccc(/C=C/C(=O)Nc3ccccc3NC(=O)CC3C=CCC3)c2)cs1. The zero-order chi connectivity index (χ0) is 23.8. The van der Waals surface area contributed by atoms with Gasteiger partial charge in [-0.1, -0.05) is 36.4 Å². The summed E-state index contributed by atoms with van der Waals surface area (Å²) in [6.45, 7) is 2.36. The van der Waals surface area contributed by atoms with Crippen molar-refractivity contribution in [3.63, 3.8) is 0 Å². The van der Waals surface area contributed by atoms with E-state index in [1.165, 1.54) is 6.08 Å². The lowest BCUT2D eigenvalue weighted by Crippen LogP contribution is -2.17. The number of nitrogens with one attached hydrogen (secondary N) is 2. The first-order valence-corrected chi connectivity index (χ1v) is 12.1. The van der Waals surface area contributed by atoms with Crippen LogP contribution in [0.15, 0.2) is 72.1 Å². The number of hydrogen-bond donors (Lipinski definition) is 2. The van der Waals surface area contributed by atoms with Crippen LogP contribution in [0.5, 0.6) is 5.75 Å². The fourth-order valence-electron chi connectivity index (χ4n) is 3.69. The lowest BCUT2D eigenvalue weighted by Gasteiger charge is -2.13. The van der Waals surface area contributed by atoms with E-state index in [4.69, 9.17) is 4.74 Å². The number of benzene rings is 2. The van der Waals surface area contributed by atoms with Gasteiger partial charge < -0.3 is 15.4 Å². The molecule has 2 amide bonds. The molecule has 0 spiro atoms. The van der Waals surface area contributed by atoms with Gasteiger partial charge in [0.2, 0.25) is 11.8 Å². The highest BCUT2D eigenvalue weighted by molar-refractivity contribution is 7.09. The molecule has 6 nitrogen and oxygen atoms in total. The van der Waals surface area contributed by atoms with E-state index in [-0.39, 0.29) is 17.7 Å². The number of aromatic nitrogens is 1. The smallest absolute Gasteiger partial charge is 0.248 e. The van der Waals surface area contributed by atoms with Crippen LogP contribution in [-0.2, 0) is 16.2 Å². The monoisotopic (exact) mass is 473 g/mol. The number of carbonyl (C=O) groups excluding carboxylic acids is 2. The van der Waals surface area contributed by atoms with E-state index in [0.717, 1.165) is 29.1 Å². The molecule has 0 radical (unpaired) electrons. The van der Waals surface area contributed by atoms with Crippen LogP contribution in [0.2, 0.25) is 0 Å². The number of amides is 2. The first-order valence-electron chi connectivity index (χ1n) is 11.2. The minimum Gasteiger partial charge on any atom is -0.487 e. The predicted octanol–water partition coefficient (Wildman–Crippen LogP) is 5.98. The Balaban J connectivity index is 1.33. The highest BCUT2D eigenvalue weighted by Crippen LogP contribution is 2.24. The minimum atomic E-state index is -0.287. The van der Waals surface area contributed by atoms with Crippen LogP contribution in [0.25, 0.3) is 6.08 Å². The van der Waals surface area contributed by atoms with E-state index in [1.54, 1.807) is 29.5 Å². The zero-order valence-corrected chi connectivity index (χ0v) is 19.8. The van der Waals surface area contributed by atoms with Crippen LogP contribution in [0, 0.1) is 12.8 Å². The van der Waals surface area contributed by atoms with Gasteiger partial charge in [-0.3, -0.25) is 9.59 Å². The Labute approximate surface area is 203 Å². The Kier molecular flexibility index (Phi) is 7.88. The van der Waals surface area contributed by atoms with Crippen molar-refractivity contribution >= 4 is 40.6 Å². The molecule has 0 aliphatic heterocycles. The molecule has 174 valence electrons. The number of para-hydroxylation sites is 2. The number of rotatable bonds is 9. The van der Waals surface area contributed by atoms with Gasteiger partial charge >= 0.3 is 0 Å². The summed E-state index contributed by atoms with van der Waals surface area (Å²) in [6.07, 6.45) is 9.87. The zero-order valence-electron chi connectivity index (χ0n) is 19.0. The summed E-state index contributed by atoms with van der Waals surface area (Å²) in [7, 11) is 0. The van der Waals surface area contributed by atoms with Crippen molar-refractivity contribution < 1.29 is 14.3 Å². The van der Waals surface area contributed by atoms with E-state index < -0.39 is 0 Å². The van der Waals surface area contributed by atoms with Gasteiger partial charge in [-0.25, -0.2) is 4.98 Å². The molecule has 0 saturated heterocycles. The van der Waals surface area contributed by atoms with E-state index in [9.17, 15) is 9.59 Å². The van der Waals surface area contributed by atoms with Crippen molar-refractivity contribution in [3.05, 3.63) is 88.4 Å². The number of allylic oxidation sites excluding steroid dienone is 2. The number of aryl methyl sites for hydroxylation is 1. The second kappa shape index (κ2) is 11.4. The molecule has 1 aromatic heterocycles. The maximum absolute atomic E-state index is 12.5. The minimum absolute atomic E-state index is 0.0570. The molecule has 1 atom stereocenters. The Morgan fingerprint density at radius 1 is 1.15 bits per heavy atom. The maximum atomic E-state index is 12.5. The van der Waals surface area contributed by atoms with Crippen LogP contribution >= 0.6 is 11.3 Å². The van der Waals surface area contributed by atoms with Gasteiger partial charge in [-0.05, 0) is 61.6 Å².